The minimum Gasteiger partial charge on any atom is -0.306 e. The molecule has 8 heteroatoms. The average Bonchev–Trinajstić information content (AvgIpc) is 2.66. The van der Waals surface area contributed by atoms with Gasteiger partial charge in [-0.1, -0.05) is 29.3 Å². The van der Waals surface area contributed by atoms with Gasteiger partial charge in [0.25, 0.3) is 5.56 Å². The molecule has 0 unspecified atom stereocenters. The maximum absolute atomic E-state index is 12.6. The molecule has 0 atom stereocenters. The summed E-state index contributed by atoms with van der Waals surface area (Å²) in [5.41, 5.74) is 3.18. The Morgan fingerprint density at radius 1 is 1.15 bits per heavy atom. The number of hydrogen-bond acceptors (Lipinski definition) is 5. The number of benzene rings is 1. The Hall–Kier alpha value is -2.28. The predicted octanol–water partition coefficient (Wildman–Crippen LogP) is 3.09. The average molecular weight is 388 g/mol. The third kappa shape index (κ3) is 3.49. The second-order valence-corrected chi connectivity index (χ2v) is 6.99. The van der Waals surface area contributed by atoms with E-state index >= 15 is 0 Å². The van der Waals surface area contributed by atoms with Crippen LogP contribution in [-0.4, -0.2) is 31.4 Å². The highest BCUT2D eigenvalue weighted by molar-refractivity contribution is 6.42. The van der Waals surface area contributed by atoms with Crippen LogP contribution in [0.2, 0.25) is 10.0 Å². The van der Waals surface area contributed by atoms with Crippen molar-refractivity contribution in [1.82, 2.24) is 24.8 Å². The summed E-state index contributed by atoms with van der Waals surface area (Å²) >= 11 is 12.1. The molecule has 3 aromatic rings. The van der Waals surface area contributed by atoms with Gasteiger partial charge in [-0.2, -0.15) is 0 Å². The monoisotopic (exact) mass is 387 g/mol. The SMILES string of the molecule is O=c1[nH]c(-c2cncnc2)nc2c1CN(Cc1ccc(Cl)c(Cl)c1)CC2. The molecule has 0 fully saturated rings. The number of H-pyrrole nitrogens is 1. The molecule has 0 amide bonds. The highest BCUT2D eigenvalue weighted by Gasteiger charge is 2.21. The number of hydrogen-bond donors (Lipinski definition) is 1. The molecule has 26 heavy (non-hydrogen) atoms. The summed E-state index contributed by atoms with van der Waals surface area (Å²) in [7, 11) is 0. The van der Waals surface area contributed by atoms with E-state index in [-0.39, 0.29) is 5.56 Å². The van der Waals surface area contributed by atoms with Crippen molar-refractivity contribution in [2.24, 2.45) is 0 Å². The number of nitrogens with one attached hydrogen (secondary N) is 1. The topological polar surface area (TPSA) is 74.8 Å². The molecule has 1 aliphatic heterocycles. The Kier molecular flexibility index (Phi) is 4.72. The van der Waals surface area contributed by atoms with Gasteiger partial charge >= 0.3 is 0 Å². The molecule has 0 spiro atoms. The number of aromatic amines is 1. The lowest BCUT2D eigenvalue weighted by atomic mass is 10.1. The highest BCUT2D eigenvalue weighted by Crippen LogP contribution is 2.24. The highest BCUT2D eigenvalue weighted by atomic mass is 35.5. The zero-order valence-electron chi connectivity index (χ0n) is 13.7. The van der Waals surface area contributed by atoms with Gasteiger partial charge in [-0.3, -0.25) is 9.69 Å². The Balaban J connectivity index is 1.57. The molecule has 1 aromatic carbocycles. The third-order valence-corrected chi connectivity index (χ3v) is 5.11. The van der Waals surface area contributed by atoms with Crippen LogP contribution in [0.25, 0.3) is 11.4 Å². The third-order valence-electron chi connectivity index (χ3n) is 4.37. The molecule has 4 rings (SSSR count). The van der Waals surface area contributed by atoms with Gasteiger partial charge in [0.05, 0.1) is 26.9 Å². The first-order valence-electron chi connectivity index (χ1n) is 8.14. The minimum absolute atomic E-state index is 0.118. The first-order chi connectivity index (χ1) is 12.6. The van der Waals surface area contributed by atoms with Crippen molar-refractivity contribution in [3.8, 4) is 11.4 Å². The number of nitrogens with zero attached hydrogens (tertiary/aromatic N) is 4. The molecule has 0 saturated carbocycles. The lowest BCUT2D eigenvalue weighted by Crippen LogP contribution is -2.35. The van der Waals surface area contributed by atoms with Gasteiger partial charge in [0.1, 0.15) is 12.2 Å². The number of fused-ring (bicyclic) bond motifs is 1. The van der Waals surface area contributed by atoms with Gasteiger partial charge in [-0.05, 0) is 17.7 Å². The maximum Gasteiger partial charge on any atom is 0.255 e. The fourth-order valence-corrected chi connectivity index (χ4v) is 3.39. The maximum atomic E-state index is 12.6. The zero-order chi connectivity index (χ0) is 18.1. The molecule has 132 valence electrons. The van der Waals surface area contributed by atoms with E-state index in [0.29, 0.717) is 46.5 Å². The van der Waals surface area contributed by atoms with Crippen LogP contribution in [-0.2, 0) is 19.5 Å². The van der Waals surface area contributed by atoms with Crippen molar-refractivity contribution in [3.05, 3.63) is 74.1 Å². The normalized spacial score (nSPS) is 14.2. The Morgan fingerprint density at radius 2 is 1.96 bits per heavy atom. The molecule has 0 radical (unpaired) electrons. The van der Waals surface area contributed by atoms with Crippen LogP contribution >= 0.6 is 23.2 Å². The first-order valence-corrected chi connectivity index (χ1v) is 8.89. The molecule has 0 aliphatic carbocycles. The fourth-order valence-electron chi connectivity index (χ4n) is 3.07. The first kappa shape index (κ1) is 17.1. The van der Waals surface area contributed by atoms with E-state index in [4.69, 9.17) is 23.2 Å². The summed E-state index contributed by atoms with van der Waals surface area (Å²) < 4.78 is 0. The van der Waals surface area contributed by atoms with Crippen molar-refractivity contribution >= 4 is 23.2 Å². The second kappa shape index (κ2) is 7.15. The molecular formula is C18H15Cl2N5O. The molecule has 3 heterocycles. The van der Waals surface area contributed by atoms with E-state index in [0.717, 1.165) is 17.8 Å². The van der Waals surface area contributed by atoms with Crippen LogP contribution in [0, 0.1) is 0 Å². The predicted molar refractivity (Wildman–Crippen MR) is 100 cm³/mol. The number of halogens is 2. The van der Waals surface area contributed by atoms with E-state index < -0.39 is 0 Å². The van der Waals surface area contributed by atoms with Crippen molar-refractivity contribution in [3.63, 3.8) is 0 Å². The lowest BCUT2D eigenvalue weighted by Gasteiger charge is -2.27. The van der Waals surface area contributed by atoms with Crippen molar-refractivity contribution < 1.29 is 0 Å². The van der Waals surface area contributed by atoms with Crippen LogP contribution in [0.15, 0.2) is 41.7 Å². The summed E-state index contributed by atoms with van der Waals surface area (Å²) in [6.45, 7) is 2.06. The van der Waals surface area contributed by atoms with Crippen LogP contribution < -0.4 is 5.56 Å². The van der Waals surface area contributed by atoms with E-state index in [1.54, 1.807) is 18.5 Å². The van der Waals surface area contributed by atoms with Crippen LogP contribution in [0.5, 0.6) is 0 Å². The summed E-state index contributed by atoms with van der Waals surface area (Å²) in [5.74, 6) is 0.507. The zero-order valence-corrected chi connectivity index (χ0v) is 15.3. The molecule has 2 aromatic heterocycles. The van der Waals surface area contributed by atoms with Crippen molar-refractivity contribution in [2.75, 3.05) is 6.54 Å². The number of rotatable bonds is 3. The van der Waals surface area contributed by atoms with Crippen LogP contribution in [0.3, 0.4) is 0 Å². The summed E-state index contributed by atoms with van der Waals surface area (Å²) in [4.78, 5) is 30.2. The molecule has 6 nitrogen and oxygen atoms in total. The van der Waals surface area contributed by atoms with E-state index in [1.807, 2.05) is 12.1 Å². The Morgan fingerprint density at radius 3 is 2.73 bits per heavy atom. The smallest absolute Gasteiger partial charge is 0.255 e. The van der Waals surface area contributed by atoms with Gasteiger partial charge < -0.3 is 4.98 Å². The molecule has 0 bridgehead atoms. The summed E-state index contributed by atoms with van der Waals surface area (Å²) in [5, 5.41) is 1.08. The largest absolute Gasteiger partial charge is 0.306 e. The van der Waals surface area contributed by atoms with Crippen molar-refractivity contribution in [2.45, 2.75) is 19.5 Å². The Labute approximate surface area is 159 Å². The quantitative estimate of drug-likeness (QED) is 0.747. The van der Waals surface area contributed by atoms with Gasteiger partial charge in [-0.15, -0.1) is 0 Å². The van der Waals surface area contributed by atoms with Crippen LogP contribution in [0.1, 0.15) is 16.8 Å². The standard InChI is InChI=1S/C18H15Cl2N5O/c19-14-2-1-11(5-15(14)20)8-25-4-3-16-13(9-25)18(26)24-17(23-16)12-6-21-10-22-7-12/h1-2,5-7,10H,3-4,8-9H2,(H,23,24,26). The second-order valence-electron chi connectivity index (χ2n) is 6.18. The lowest BCUT2D eigenvalue weighted by molar-refractivity contribution is 0.242. The molecule has 1 N–H and O–H groups in total. The van der Waals surface area contributed by atoms with Gasteiger partial charge in [-0.25, -0.2) is 15.0 Å². The Bertz CT molecular complexity index is 1010. The van der Waals surface area contributed by atoms with Gasteiger partial charge in [0.15, 0.2) is 0 Å². The van der Waals surface area contributed by atoms with Crippen LogP contribution in [0.4, 0.5) is 0 Å². The molecule has 1 aliphatic rings. The van der Waals surface area contributed by atoms with E-state index in [9.17, 15) is 4.79 Å². The molecular weight excluding hydrogens is 373 g/mol. The van der Waals surface area contributed by atoms with E-state index in [1.165, 1.54) is 6.33 Å². The fraction of sp³-hybridized carbons (Fsp3) is 0.222. The van der Waals surface area contributed by atoms with Gasteiger partial charge in [0.2, 0.25) is 0 Å². The summed E-state index contributed by atoms with van der Waals surface area (Å²) in [6, 6.07) is 5.60. The minimum atomic E-state index is -0.118. The van der Waals surface area contributed by atoms with E-state index in [2.05, 4.69) is 24.8 Å². The summed E-state index contributed by atoms with van der Waals surface area (Å²) in [6.07, 6.45) is 5.43. The van der Waals surface area contributed by atoms with Gasteiger partial charge in [0, 0.05) is 38.4 Å². The number of aromatic nitrogens is 4. The van der Waals surface area contributed by atoms with Crippen molar-refractivity contribution in [1.29, 1.82) is 0 Å². The molecule has 0 saturated heterocycles.